The molecule has 0 bridgehead atoms. The molecule has 0 N–H and O–H groups in total. The van der Waals surface area contributed by atoms with Gasteiger partial charge in [-0.2, -0.15) is 0 Å². The monoisotopic (exact) mass is 518 g/mol. The summed E-state index contributed by atoms with van der Waals surface area (Å²) in [7, 11) is 1.29. The Morgan fingerprint density at radius 3 is 2.73 bits per heavy atom. The van der Waals surface area contributed by atoms with Crippen molar-refractivity contribution in [3.63, 3.8) is 0 Å². The van der Waals surface area contributed by atoms with Crippen molar-refractivity contribution in [2.24, 2.45) is 0 Å². The number of nitrogens with zero attached hydrogens (tertiary/aromatic N) is 2. The zero-order valence-corrected chi connectivity index (χ0v) is 21.8. The highest BCUT2D eigenvalue weighted by atomic mass is 32.1. The highest BCUT2D eigenvalue weighted by Crippen LogP contribution is 2.43. The maximum Gasteiger partial charge on any atom is 0.350 e. The lowest BCUT2D eigenvalue weighted by Gasteiger charge is -2.23. The number of methoxy groups -OCH3 is 1. The minimum Gasteiger partial charge on any atom is -0.494 e. The molecule has 0 aliphatic carbocycles. The Hall–Kier alpha value is -3.98. The second-order valence-electron chi connectivity index (χ2n) is 8.93. The van der Waals surface area contributed by atoms with Crippen molar-refractivity contribution in [2.45, 2.75) is 39.7 Å². The molecule has 4 aromatic rings. The molecule has 0 fully saturated rings. The molecule has 1 unspecified atom stereocenters. The standard InChI is InChI=1S/C28H26N2O6S/c1-5-6-12-35-18-9-7-8-17(14-18)22-21-23(31)19-13-15(2)10-11-20(19)36-24(21)26(32)30(22)28-29-16(3)25(37-28)27(33)34-4/h7-11,13-14,22H,5-6,12H2,1-4H3. The van der Waals surface area contributed by atoms with E-state index in [1.807, 2.05) is 37.3 Å². The summed E-state index contributed by atoms with van der Waals surface area (Å²) in [6, 6.07) is 11.8. The van der Waals surface area contributed by atoms with Crippen molar-refractivity contribution in [2.75, 3.05) is 18.6 Å². The van der Waals surface area contributed by atoms with Crippen LogP contribution in [-0.2, 0) is 4.74 Å². The van der Waals surface area contributed by atoms with E-state index in [-0.39, 0.29) is 26.8 Å². The fourth-order valence-electron chi connectivity index (χ4n) is 4.48. The normalized spacial score (nSPS) is 14.8. The number of anilines is 1. The van der Waals surface area contributed by atoms with Gasteiger partial charge in [0.2, 0.25) is 5.76 Å². The number of fused-ring (bicyclic) bond motifs is 2. The van der Waals surface area contributed by atoms with Gasteiger partial charge in [0.1, 0.15) is 16.2 Å². The van der Waals surface area contributed by atoms with Gasteiger partial charge < -0.3 is 13.9 Å². The lowest BCUT2D eigenvalue weighted by molar-refractivity contribution is 0.0605. The van der Waals surface area contributed by atoms with Crippen LogP contribution in [0.3, 0.4) is 0 Å². The summed E-state index contributed by atoms with van der Waals surface area (Å²) in [4.78, 5) is 46.2. The van der Waals surface area contributed by atoms with Crippen molar-refractivity contribution in [3.05, 3.63) is 85.7 Å². The number of unbranched alkanes of at least 4 members (excludes halogenated alkanes) is 1. The quantitative estimate of drug-likeness (QED) is 0.233. The molecule has 9 heteroatoms. The lowest BCUT2D eigenvalue weighted by Crippen LogP contribution is -2.29. The molecule has 3 heterocycles. The number of rotatable bonds is 7. The van der Waals surface area contributed by atoms with Crippen molar-refractivity contribution < 1.29 is 23.5 Å². The van der Waals surface area contributed by atoms with Gasteiger partial charge in [-0.3, -0.25) is 14.5 Å². The number of benzene rings is 2. The predicted molar refractivity (Wildman–Crippen MR) is 141 cm³/mol. The summed E-state index contributed by atoms with van der Waals surface area (Å²) < 4.78 is 16.8. The van der Waals surface area contributed by atoms with Crippen LogP contribution in [0.1, 0.15) is 68.4 Å². The smallest absolute Gasteiger partial charge is 0.350 e. The molecule has 0 saturated heterocycles. The molecule has 0 saturated carbocycles. The second kappa shape index (κ2) is 9.82. The van der Waals surface area contributed by atoms with Gasteiger partial charge in [-0.05, 0) is 50.1 Å². The van der Waals surface area contributed by atoms with Crippen LogP contribution in [-0.4, -0.2) is 30.6 Å². The summed E-state index contributed by atoms with van der Waals surface area (Å²) in [6.45, 7) is 6.22. The largest absolute Gasteiger partial charge is 0.494 e. The Bertz CT molecular complexity index is 1590. The van der Waals surface area contributed by atoms with E-state index in [1.165, 1.54) is 12.0 Å². The van der Waals surface area contributed by atoms with Crippen molar-refractivity contribution >= 4 is 39.3 Å². The number of esters is 1. The number of aryl methyl sites for hydroxylation is 2. The fraction of sp³-hybridized carbons (Fsp3) is 0.286. The summed E-state index contributed by atoms with van der Waals surface area (Å²) in [5.41, 5.74) is 2.31. The number of carbonyl (C=O) groups is 2. The fourth-order valence-corrected chi connectivity index (χ4v) is 5.49. The minimum atomic E-state index is -0.811. The first kappa shape index (κ1) is 24.7. The number of hydrogen-bond acceptors (Lipinski definition) is 8. The van der Waals surface area contributed by atoms with Crippen LogP contribution in [0, 0.1) is 13.8 Å². The van der Waals surface area contributed by atoms with E-state index in [9.17, 15) is 14.4 Å². The third-order valence-electron chi connectivity index (χ3n) is 6.33. The maximum atomic E-state index is 13.8. The number of ether oxygens (including phenoxy) is 2. The lowest BCUT2D eigenvalue weighted by atomic mass is 9.98. The molecule has 1 aliphatic heterocycles. The molecule has 0 radical (unpaired) electrons. The molecular formula is C28H26N2O6S. The Balaban J connectivity index is 1.72. The summed E-state index contributed by atoms with van der Waals surface area (Å²) in [6.07, 6.45) is 1.90. The van der Waals surface area contributed by atoms with Crippen LogP contribution in [0.5, 0.6) is 5.75 Å². The zero-order chi connectivity index (χ0) is 26.3. The maximum absolute atomic E-state index is 13.8. The first-order valence-electron chi connectivity index (χ1n) is 12.0. The molecule has 1 atom stereocenters. The van der Waals surface area contributed by atoms with Crippen LogP contribution < -0.4 is 15.1 Å². The Kier molecular flexibility index (Phi) is 6.55. The van der Waals surface area contributed by atoms with Gasteiger partial charge in [-0.15, -0.1) is 0 Å². The first-order chi connectivity index (χ1) is 17.8. The molecule has 8 nitrogen and oxygen atoms in total. The number of carbonyl (C=O) groups excluding carboxylic acids is 2. The van der Waals surface area contributed by atoms with E-state index < -0.39 is 17.9 Å². The first-order valence-corrected chi connectivity index (χ1v) is 12.8. The minimum absolute atomic E-state index is 0.0314. The van der Waals surface area contributed by atoms with Gasteiger partial charge in [0.25, 0.3) is 5.91 Å². The van der Waals surface area contributed by atoms with Gasteiger partial charge in [0.05, 0.1) is 36.4 Å². The Morgan fingerprint density at radius 1 is 1.16 bits per heavy atom. The molecule has 1 amide bonds. The van der Waals surface area contributed by atoms with E-state index in [0.29, 0.717) is 34.6 Å². The van der Waals surface area contributed by atoms with Gasteiger partial charge in [0.15, 0.2) is 10.6 Å². The van der Waals surface area contributed by atoms with Crippen LogP contribution in [0.25, 0.3) is 11.0 Å². The topological polar surface area (TPSA) is 98.9 Å². The van der Waals surface area contributed by atoms with E-state index in [4.69, 9.17) is 13.9 Å². The Morgan fingerprint density at radius 2 is 1.97 bits per heavy atom. The van der Waals surface area contributed by atoms with Gasteiger partial charge >= 0.3 is 5.97 Å². The van der Waals surface area contributed by atoms with Crippen molar-refractivity contribution in [1.82, 2.24) is 4.98 Å². The van der Waals surface area contributed by atoms with E-state index >= 15 is 0 Å². The molecule has 190 valence electrons. The summed E-state index contributed by atoms with van der Waals surface area (Å²) in [5.74, 6) is -0.430. The van der Waals surface area contributed by atoms with Crippen molar-refractivity contribution in [1.29, 1.82) is 0 Å². The summed E-state index contributed by atoms with van der Waals surface area (Å²) in [5, 5.41) is 0.676. The predicted octanol–water partition coefficient (Wildman–Crippen LogP) is 5.58. The van der Waals surface area contributed by atoms with Crippen molar-refractivity contribution in [3.8, 4) is 5.75 Å². The number of aromatic nitrogens is 1. The Labute approximate surface area is 217 Å². The molecule has 2 aromatic heterocycles. The van der Waals surface area contributed by atoms with Gasteiger partial charge in [-0.25, -0.2) is 9.78 Å². The second-order valence-corrected chi connectivity index (χ2v) is 9.91. The average molecular weight is 519 g/mol. The third-order valence-corrected chi connectivity index (χ3v) is 7.47. The van der Waals surface area contributed by atoms with E-state index in [2.05, 4.69) is 11.9 Å². The van der Waals surface area contributed by atoms with Gasteiger partial charge in [0, 0.05) is 0 Å². The SMILES string of the molecule is CCCCOc1cccc(C2c3c(oc4ccc(C)cc4c3=O)C(=O)N2c2nc(C)c(C(=O)OC)s2)c1. The highest BCUT2D eigenvalue weighted by Gasteiger charge is 2.45. The number of amides is 1. The number of thiazole rings is 1. The molecule has 37 heavy (non-hydrogen) atoms. The average Bonchev–Trinajstić information content (AvgIpc) is 3.41. The van der Waals surface area contributed by atoms with Crippen LogP contribution in [0.4, 0.5) is 5.13 Å². The molecule has 1 aliphatic rings. The van der Waals surface area contributed by atoms with Crippen LogP contribution in [0.2, 0.25) is 0 Å². The van der Waals surface area contributed by atoms with E-state index in [1.54, 1.807) is 19.1 Å². The van der Waals surface area contributed by atoms with Gasteiger partial charge in [-0.1, -0.05) is 48.4 Å². The molecule has 2 aromatic carbocycles. The molecule has 0 spiro atoms. The van der Waals surface area contributed by atoms with Crippen LogP contribution in [0.15, 0.2) is 51.7 Å². The number of hydrogen-bond donors (Lipinski definition) is 0. The van der Waals surface area contributed by atoms with Crippen LogP contribution >= 0.6 is 11.3 Å². The molecule has 5 rings (SSSR count). The highest BCUT2D eigenvalue weighted by molar-refractivity contribution is 7.17. The summed E-state index contributed by atoms with van der Waals surface area (Å²) >= 11 is 1.04. The van der Waals surface area contributed by atoms with E-state index in [0.717, 1.165) is 29.7 Å². The third kappa shape index (κ3) is 4.29. The molecular weight excluding hydrogens is 492 g/mol. The zero-order valence-electron chi connectivity index (χ0n) is 21.0.